The normalized spacial score (nSPS) is 14.3. The van der Waals surface area contributed by atoms with Gasteiger partial charge in [-0.2, -0.15) is 0 Å². The highest BCUT2D eigenvalue weighted by molar-refractivity contribution is 6.31. The van der Waals surface area contributed by atoms with E-state index >= 15 is 0 Å². The molecule has 4 nitrogen and oxygen atoms in total. The van der Waals surface area contributed by atoms with Gasteiger partial charge in [0.1, 0.15) is 5.82 Å². The number of amides is 2. The summed E-state index contributed by atoms with van der Waals surface area (Å²) in [4.78, 5) is 25.4. The number of anilines is 2. The third-order valence-corrected chi connectivity index (χ3v) is 4.13. The fourth-order valence-corrected chi connectivity index (χ4v) is 2.80. The molecule has 2 amide bonds. The molecule has 2 aromatic rings. The van der Waals surface area contributed by atoms with E-state index in [-0.39, 0.29) is 11.6 Å². The summed E-state index contributed by atoms with van der Waals surface area (Å²) in [6.45, 7) is 0.738. The summed E-state index contributed by atoms with van der Waals surface area (Å²) in [7, 11) is 0. The van der Waals surface area contributed by atoms with Crippen molar-refractivity contribution in [3.05, 3.63) is 64.9 Å². The fourth-order valence-electron chi connectivity index (χ4n) is 2.63. The maximum atomic E-state index is 13.6. The first-order valence-electron chi connectivity index (χ1n) is 7.87. The van der Waals surface area contributed by atoms with E-state index in [4.69, 9.17) is 11.6 Å². The molecule has 0 bridgehead atoms. The fraction of sp³-hybridized carbons (Fsp3) is 0.158. The van der Waals surface area contributed by atoms with Crippen LogP contribution in [0.1, 0.15) is 18.4 Å². The number of nitrogens with one attached hydrogen (secondary N) is 1. The molecule has 3 rings (SSSR count). The predicted molar refractivity (Wildman–Crippen MR) is 97.1 cm³/mol. The monoisotopic (exact) mass is 358 g/mol. The molecule has 0 aliphatic carbocycles. The van der Waals surface area contributed by atoms with Crippen LogP contribution in [0.2, 0.25) is 5.02 Å². The van der Waals surface area contributed by atoms with Crippen LogP contribution in [0.5, 0.6) is 0 Å². The van der Waals surface area contributed by atoms with Crippen molar-refractivity contribution in [2.24, 2.45) is 0 Å². The molecule has 1 fully saturated rings. The zero-order chi connectivity index (χ0) is 17.8. The van der Waals surface area contributed by atoms with Gasteiger partial charge in [0.05, 0.1) is 5.69 Å². The second kappa shape index (κ2) is 7.49. The van der Waals surface area contributed by atoms with Gasteiger partial charge in [-0.25, -0.2) is 4.39 Å². The van der Waals surface area contributed by atoms with Gasteiger partial charge in [-0.05, 0) is 48.4 Å². The summed E-state index contributed by atoms with van der Waals surface area (Å²) in [5.74, 6) is -0.878. The Morgan fingerprint density at radius 2 is 1.96 bits per heavy atom. The van der Waals surface area contributed by atoms with E-state index in [1.165, 1.54) is 24.3 Å². The standard InChI is InChI=1S/C19H16ClFN2O2/c20-14-6-9-16(21)17(12-14)22-18(24)10-5-13-3-7-15(8-4-13)23-11-1-2-19(23)25/h3-10,12H,1-2,11H2,(H,22,24)/b10-5+. The van der Waals surface area contributed by atoms with Crippen molar-refractivity contribution < 1.29 is 14.0 Å². The van der Waals surface area contributed by atoms with Crippen LogP contribution >= 0.6 is 11.6 Å². The Morgan fingerprint density at radius 1 is 1.20 bits per heavy atom. The SMILES string of the molecule is O=C(/C=C/c1ccc(N2CCCC2=O)cc1)Nc1cc(Cl)ccc1F. The summed E-state index contributed by atoms with van der Waals surface area (Å²) in [5.41, 5.74) is 1.69. The third kappa shape index (κ3) is 4.25. The first-order valence-corrected chi connectivity index (χ1v) is 8.25. The zero-order valence-corrected chi connectivity index (χ0v) is 14.1. The van der Waals surface area contributed by atoms with Gasteiger partial charge in [0, 0.05) is 29.8 Å². The van der Waals surface area contributed by atoms with Crippen molar-refractivity contribution in [1.29, 1.82) is 0 Å². The maximum Gasteiger partial charge on any atom is 0.248 e. The van der Waals surface area contributed by atoms with E-state index in [1.807, 2.05) is 24.3 Å². The highest BCUT2D eigenvalue weighted by Gasteiger charge is 2.21. The first kappa shape index (κ1) is 17.2. The summed E-state index contributed by atoms with van der Waals surface area (Å²) in [6.07, 6.45) is 4.40. The lowest BCUT2D eigenvalue weighted by Crippen LogP contribution is -2.23. The molecule has 2 aromatic carbocycles. The van der Waals surface area contributed by atoms with Crippen LogP contribution in [0.3, 0.4) is 0 Å². The molecule has 0 aromatic heterocycles. The second-order valence-electron chi connectivity index (χ2n) is 5.69. The molecular weight excluding hydrogens is 343 g/mol. The van der Waals surface area contributed by atoms with Crippen LogP contribution in [0.15, 0.2) is 48.5 Å². The number of carbonyl (C=O) groups is 2. The van der Waals surface area contributed by atoms with Crippen molar-refractivity contribution >= 4 is 40.9 Å². The smallest absolute Gasteiger partial charge is 0.248 e. The predicted octanol–water partition coefficient (Wildman–Crippen LogP) is 4.26. The van der Waals surface area contributed by atoms with Crippen LogP contribution in [0.25, 0.3) is 6.08 Å². The average molecular weight is 359 g/mol. The Kier molecular flexibility index (Phi) is 5.14. The van der Waals surface area contributed by atoms with E-state index < -0.39 is 11.7 Å². The minimum atomic E-state index is -0.550. The molecule has 0 unspecified atom stereocenters. The topological polar surface area (TPSA) is 49.4 Å². The van der Waals surface area contributed by atoms with Gasteiger partial charge in [-0.3, -0.25) is 9.59 Å². The highest BCUT2D eigenvalue weighted by atomic mass is 35.5. The van der Waals surface area contributed by atoms with Crippen LogP contribution < -0.4 is 10.2 Å². The number of hydrogen-bond donors (Lipinski definition) is 1. The van der Waals surface area contributed by atoms with Crippen LogP contribution in [-0.4, -0.2) is 18.4 Å². The summed E-state index contributed by atoms with van der Waals surface area (Å²) in [6, 6.07) is 11.3. The minimum absolute atomic E-state index is 0.0324. The van der Waals surface area contributed by atoms with Gasteiger partial charge in [0.15, 0.2) is 0 Å². The van der Waals surface area contributed by atoms with Gasteiger partial charge in [-0.15, -0.1) is 0 Å². The lowest BCUT2D eigenvalue weighted by atomic mass is 10.2. The molecule has 1 aliphatic heterocycles. The molecule has 0 spiro atoms. The number of rotatable bonds is 4. The van der Waals surface area contributed by atoms with E-state index in [1.54, 1.807) is 11.0 Å². The summed E-state index contributed by atoms with van der Waals surface area (Å²) >= 11 is 5.79. The molecule has 0 radical (unpaired) electrons. The van der Waals surface area contributed by atoms with E-state index in [0.717, 1.165) is 24.2 Å². The molecule has 1 N–H and O–H groups in total. The van der Waals surface area contributed by atoms with Crippen molar-refractivity contribution in [3.63, 3.8) is 0 Å². The summed E-state index contributed by atoms with van der Waals surface area (Å²) < 4.78 is 13.6. The number of benzene rings is 2. The van der Waals surface area contributed by atoms with Crippen molar-refractivity contribution in [3.8, 4) is 0 Å². The second-order valence-corrected chi connectivity index (χ2v) is 6.12. The lowest BCUT2D eigenvalue weighted by molar-refractivity contribution is -0.117. The van der Waals surface area contributed by atoms with Gasteiger partial charge < -0.3 is 10.2 Å². The Balaban J connectivity index is 1.64. The summed E-state index contributed by atoms with van der Waals surface area (Å²) in [5, 5.41) is 2.79. The van der Waals surface area contributed by atoms with Crippen LogP contribution in [-0.2, 0) is 9.59 Å². The molecule has 1 aliphatic rings. The van der Waals surface area contributed by atoms with Crippen molar-refractivity contribution in [2.45, 2.75) is 12.8 Å². The number of nitrogens with zero attached hydrogens (tertiary/aromatic N) is 1. The molecule has 0 atom stereocenters. The van der Waals surface area contributed by atoms with Gasteiger partial charge in [0.2, 0.25) is 11.8 Å². The zero-order valence-electron chi connectivity index (χ0n) is 13.3. The first-order chi connectivity index (χ1) is 12.0. The highest BCUT2D eigenvalue weighted by Crippen LogP contribution is 2.22. The van der Waals surface area contributed by atoms with E-state index in [2.05, 4.69) is 5.32 Å². The Morgan fingerprint density at radius 3 is 2.64 bits per heavy atom. The Bertz CT molecular complexity index is 834. The molecule has 25 heavy (non-hydrogen) atoms. The Hall–Kier alpha value is -2.66. The number of hydrogen-bond acceptors (Lipinski definition) is 2. The molecular formula is C19H16ClFN2O2. The van der Waals surface area contributed by atoms with Crippen LogP contribution in [0, 0.1) is 5.82 Å². The third-order valence-electron chi connectivity index (χ3n) is 3.89. The number of halogens is 2. The lowest BCUT2D eigenvalue weighted by Gasteiger charge is -2.15. The maximum absolute atomic E-state index is 13.6. The van der Waals surface area contributed by atoms with Gasteiger partial charge in [0.25, 0.3) is 0 Å². The van der Waals surface area contributed by atoms with Gasteiger partial charge in [-0.1, -0.05) is 23.7 Å². The minimum Gasteiger partial charge on any atom is -0.320 e. The Labute approximate surface area is 149 Å². The average Bonchev–Trinajstić information content (AvgIpc) is 3.03. The van der Waals surface area contributed by atoms with Crippen LogP contribution in [0.4, 0.5) is 15.8 Å². The van der Waals surface area contributed by atoms with Gasteiger partial charge >= 0.3 is 0 Å². The molecule has 128 valence electrons. The van der Waals surface area contributed by atoms with Crippen molar-refractivity contribution in [2.75, 3.05) is 16.8 Å². The molecule has 0 saturated carbocycles. The molecule has 6 heteroatoms. The number of carbonyl (C=O) groups excluding carboxylic acids is 2. The van der Waals surface area contributed by atoms with E-state index in [0.29, 0.717) is 11.4 Å². The molecule has 1 heterocycles. The largest absolute Gasteiger partial charge is 0.320 e. The van der Waals surface area contributed by atoms with E-state index in [9.17, 15) is 14.0 Å². The molecule has 1 saturated heterocycles. The van der Waals surface area contributed by atoms with Crippen molar-refractivity contribution in [1.82, 2.24) is 0 Å². The quantitative estimate of drug-likeness (QED) is 0.830.